The summed E-state index contributed by atoms with van der Waals surface area (Å²) < 4.78 is 0. The lowest BCUT2D eigenvalue weighted by Crippen LogP contribution is -2.34. The summed E-state index contributed by atoms with van der Waals surface area (Å²) in [6.07, 6.45) is 0. The van der Waals surface area contributed by atoms with Crippen molar-refractivity contribution in [2.24, 2.45) is 0 Å². The first-order valence-electron chi connectivity index (χ1n) is 6.24. The van der Waals surface area contributed by atoms with Crippen LogP contribution in [-0.4, -0.2) is 16.1 Å². The standard InChI is InChI=1S/C15H12Cl2N2O2S/c1-8-3-2-4-9(5-8)14(21)19-15(22)18-12-7-10(16)6-11(17)13(12)20/h2-7,20H,1H3,(H2,18,19,21,22). The van der Waals surface area contributed by atoms with Gasteiger partial charge < -0.3 is 10.4 Å². The Bertz CT molecular complexity index is 750. The van der Waals surface area contributed by atoms with E-state index in [0.717, 1.165) is 5.56 Å². The van der Waals surface area contributed by atoms with Gasteiger partial charge >= 0.3 is 0 Å². The normalized spacial score (nSPS) is 10.1. The van der Waals surface area contributed by atoms with Crippen molar-refractivity contribution >= 4 is 52.1 Å². The Morgan fingerprint density at radius 1 is 1.23 bits per heavy atom. The zero-order valence-electron chi connectivity index (χ0n) is 11.5. The first-order valence-corrected chi connectivity index (χ1v) is 7.40. The van der Waals surface area contributed by atoms with E-state index in [1.807, 2.05) is 13.0 Å². The zero-order valence-corrected chi connectivity index (χ0v) is 13.8. The second-order valence-corrected chi connectivity index (χ2v) is 5.81. The van der Waals surface area contributed by atoms with Gasteiger partial charge in [0.1, 0.15) is 0 Å². The van der Waals surface area contributed by atoms with Crippen LogP contribution in [0.3, 0.4) is 0 Å². The van der Waals surface area contributed by atoms with Crippen LogP contribution in [0.4, 0.5) is 5.69 Å². The number of carbonyl (C=O) groups excluding carboxylic acids is 1. The molecule has 0 saturated carbocycles. The predicted octanol–water partition coefficient (Wildman–Crippen LogP) is 4.13. The summed E-state index contributed by atoms with van der Waals surface area (Å²) in [6, 6.07) is 9.94. The van der Waals surface area contributed by atoms with Gasteiger partial charge in [-0.2, -0.15) is 0 Å². The molecule has 2 rings (SSSR count). The SMILES string of the molecule is Cc1cccc(C(=O)NC(=S)Nc2cc(Cl)cc(Cl)c2O)c1. The van der Waals surface area contributed by atoms with Crippen molar-refractivity contribution in [1.29, 1.82) is 0 Å². The average Bonchev–Trinajstić information content (AvgIpc) is 2.44. The Balaban J connectivity index is 2.09. The zero-order chi connectivity index (χ0) is 16.3. The Morgan fingerprint density at radius 3 is 2.64 bits per heavy atom. The van der Waals surface area contributed by atoms with E-state index in [9.17, 15) is 9.90 Å². The third-order valence-corrected chi connectivity index (χ3v) is 3.49. The van der Waals surface area contributed by atoms with E-state index < -0.39 is 0 Å². The number of hydrogen-bond acceptors (Lipinski definition) is 3. The van der Waals surface area contributed by atoms with E-state index in [-0.39, 0.29) is 27.5 Å². The Kier molecular flexibility index (Phi) is 5.24. The van der Waals surface area contributed by atoms with E-state index in [2.05, 4.69) is 10.6 Å². The molecule has 0 aliphatic rings. The fourth-order valence-corrected chi connectivity index (χ4v) is 2.47. The van der Waals surface area contributed by atoms with Gasteiger partial charge in [-0.1, -0.05) is 40.9 Å². The molecule has 3 N–H and O–H groups in total. The Hall–Kier alpha value is -1.82. The van der Waals surface area contributed by atoms with Gasteiger partial charge in [0, 0.05) is 10.6 Å². The minimum Gasteiger partial charge on any atom is -0.504 e. The highest BCUT2D eigenvalue weighted by molar-refractivity contribution is 7.80. The molecular formula is C15H12Cl2N2O2S. The number of amides is 1. The van der Waals surface area contributed by atoms with Crippen LogP contribution in [0.15, 0.2) is 36.4 Å². The smallest absolute Gasteiger partial charge is 0.257 e. The van der Waals surface area contributed by atoms with Crippen LogP contribution in [0, 0.1) is 6.92 Å². The molecule has 2 aromatic carbocycles. The van der Waals surface area contributed by atoms with Gasteiger partial charge in [-0.05, 0) is 43.4 Å². The van der Waals surface area contributed by atoms with Gasteiger partial charge in [0.2, 0.25) is 0 Å². The number of carbonyl (C=O) groups is 1. The maximum atomic E-state index is 12.1. The van der Waals surface area contributed by atoms with E-state index >= 15 is 0 Å². The lowest BCUT2D eigenvalue weighted by Gasteiger charge is -2.12. The number of phenolic OH excluding ortho intramolecular Hbond substituents is 1. The highest BCUT2D eigenvalue weighted by Crippen LogP contribution is 2.34. The monoisotopic (exact) mass is 354 g/mol. The van der Waals surface area contributed by atoms with Crippen LogP contribution in [-0.2, 0) is 0 Å². The number of rotatable bonds is 2. The third kappa shape index (κ3) is 4.10. The van der Waals surface area contributed by atoms with Gasteiger partial charge in [-0.25, -0.2) is 0 Å². The summed E-state index contributed by atoms with van der Waals surface area (Å²) in [4.78, 5) is 12.1. The maximum absolute atomic E-state index is 12.1. The molecule has 0 atom stereocenters. The molecule has 0 aliphatic heterocycles. The summed E-state index contributed by atoms with van der Waals surface area (Å²) in [5.41, 5.74) is 1.66. The fraction of sp³-hybridized carbons (Fsp3) is 0.0667. The number of hydrogen-bond donors (Lipinski definition) is 3. The van der Waals surface area contributed by atoms with Gasteiger partial charge in [-0.15, -0.1) is 0 Å². The number of aryl methyl sites for hydroxylation is 1. The minimum atomic E-state index is -0.353. The van der Waals surface area contributed by atoms with Crippen LogP contribution in [0.2, 0.25) is 10.0 Å². The second kappa shape index (κ2) is 6.96. The minimum absolute atomic E-state index is 0.0279. The number of thiocarbonyl (C=S) groups is 1. The van der Waals surface area contributed by atoms with E-state index in [0.29, 0.717) is 10.6 Å². The van der Waals surface area contributed by atoms with Crippen LogP contribution < -0.4 is 10.6 Å². The van der Waals surface area contributed by atoms with Gasteiger partial charge in [-0.3, -0.25) is 10.1 Å². The summed E-state index contributed by atoms with van der Waals surface area (Å²) in [5, 5.41) is 15.5. The Morgan fingerprint density at radius 2 is 1.95 bits per heavy atom. The molecule has 0 bridgehead atoms. The molecule has 4 nitrogen and oxygen atoms in total. The number of halogens is 2. The number of anilines is 1. The molecular weight excluding hydrogens is 343 g/mol. The quantitative estimate of drug-likeness (QED) is 0.560. The van der Waals surface area contributed by atoms with Crippen molar-refractivity contribution in [2.45, 2.75) is 6.92 Å². The molecule has 0 aromatic heterocycles. The molecule has 22 heavy (non-hydrogen) atoms. The molecule has 0 aliphatic carbocycles. The molecule has 0 unspecified atom stereocenters. The number of benzene rings is 2. The largest absolute Gasteiger partial charge is 0.504 e. The fourth-order valence-electron chi connectivity index (χ4n) is 1.78. The van der Waals surface area contributed by atoms with Crippen molar-refractivity contribution < 1.29 is 9.90 Å². The van der Waals surface area contributed by atoms with E-state index in [1.165, 1.54) is 12.1 Å². The average molecular weight is 355 g/mol. The van der Waals surface area contributed by atoms with Crippen LogP contribution in [0.1, 0.15) is 15.9 Å². The van der Waals surface area contributed by atoms with Crippen LogP contribution >= 0.6 is 35.4 Å². The van der Waals surface area contributed by atoms with Crippen molar-refractivity contribution in [3.63, 3.8) is 0 Å². The third-order valence-electron chi connectivity index (χ3n) is 2.78. The maximum Gasteiger partial charge on any atom is 0.257 e. The molecule has 2 aromatic rings. The molecule has 0 spiro atoms. The van der Waals surface area contributed by atoms with Gasteiger partial charge in [0.25, 0.3) is 5.91 Å². The molecule has 0 heterocycles. The molecule has 0 radical (unpaired) electrons. The van der Waals surface area contributed by atoms with E-state index in [4.69, 9.17) is 35.4 Å². The van der Waals surface area contributed by atoms with Crippen molar-refractivity contribution in [3.8, 4) is 5.75 Å². The number of phenols is 1. The Labute approximate surface area is 143 Å². The molecule has 0 saturated heterocycles. The van der Waals surface area contributed by atoms with E-state index in [1.54, 1.807) is 18.2 Å². The topological polar surface area (TPSA) is 61.4 Å². The summed E-state index contributed by atoms with van der Waals surface area (Å²) in [5.74, 6) is -0.549. The van der Waals surface area contributed by atoms with Crippen molar-refractivity contribution in [3.05, 3.63) is 57.6 Å². The molecule has 114 valence electrons. The highest BCUT2D eigenvalue weighted by atomic mass is 35.5. The molecule has 7 heteroatoms. The van der Waals surface area contributed by atoms with Crippen molar-refractivity contribution in [2.75, 3.05) is 5.32 Å². The lowest BCUT2D eigenvalue weighted by molar-refractivity contribution is 0.0977. The summed E-state index contributed by atoms with van der Waals surface area (Å²) in [6.45, 7) is 1.89. The lowest BCUT2D eigenvalue weighted by atomic mass is 10.1. The summed E-state index contributed by atoms with van der Waals surface area (Å²) >= 11 is 16.7. The first kappa shape index (κ1) is 16.5. The highest BCUT2D eigenvalue weighted by Gasteiger charge is 2.12. The predicted molar refractivity (Wildman–Crippen MR) is 93.0 cm³/mol. The molecule has 1 amide bonds. The second-order valence-electron chi connectivity index (χ2n) is 4.56. The van der Waals surface area contributed by atoms with Crippen molar-refractivity contribution in [1.82, 2.24) is 5.32 Å². The number of aromatic hydroxyl groups is 1. The summed E-state index contributed by atoms with van der Waals surface area (Å²) in [7, 11) is 0. The first-order chi connectivity index (χ1) is 10.4. The van der Waals surface area contributed by atoms with Gasteiger partial charge in [0.15, 0.2) is 10.9 Å². The number of nitrogens with one attached hydrogen (secondary N) is 2. The van der Waals surface area contributed by atoms with Gasteiger partial charge in [0.05, 0.1) is 10.7 Å². The van der Waals surface area contributed by atoms with Crippen LogP contribution in [0.5, 0.6) is 5.75 Å². The van der Waals surface area contributed by atoms with Crippen LogP contribution in [0.25, 0.3) is 0 Å². The molecule has 0 fully saturated rings.